The smallest absolute Gasteiger partial charge is 0.255 e. The summed E-state index contributed by atoms with van der Waals surface area (Å²) < 4.78 is 118. The molecule has 0 N–H and O–H groups in total. The Morgan fingerprint density at radius 3 is 2.65 bits per heavy atom. The summed E-state index contributed by atoms with van der Waals surface area (Å²) in [5, 5.41) is 0. The molecule has 3 heterocycles. The molecular formula is C27H31N3O4. The van der Waals surface area contributed by atoms with E-state index in [-0.39, 0.29) is 29.2 Å². The molecule has 1 unspecified atom stereocenters. The van der Waals surface area contributed by atoms with E-state index >= 15 is 0 Å². The van der Waals surface area contributed by atoms with Crippen LogP contribution in [0.2, 0.25) is 0 Å². The summed E-state index contributed by atoms with van der Waals surface area (Å²) in [6.45, 7) is -12.3. The van der Waals surface area contributed by atoms with Gasteiger partial charge in [-0.2, -0.15) is 0 Å². The third-order valence-electron chi connectivity index (χ3n) is 5.59. The van der Waals surface area contributed by atoms with Gasteiger partial charge in [0.2, 0.25) is 5.91 Å². The molecule has 0 saturated carbocycles. The predicted octanol–water partition coefficient (Wildman–Crippen LogP) is 3.19. The van der Waals surface area contributed by atoms with Crippen molar-refractivity contribution in [3.8, 4) is 5.75 Å². The van der Waals surface area contributed by atoms with Gasteiger partial charge in [0.1, 0.15) is 18.4 Å². The van der Waals surface area contributed by atoms with Crippen LogP contribution < -0.4 is 4.74 Å². The van der Waals surface area contributed by atoms with Gasteiger partial charge in [-0.3, -0.25) is 14.5 Å². The van der Waals surface area contributed by atoms with E-state index in [0.717, 1.165) is 4.90 Å². The Hall–Kier alpha value is -3.16. The summed E-state index contributed by atoms with van der Waals surface area (Å²) in [5.74, 6) is -2.08. The van der Waals surface area contributed by atoms with Crippen molar-refractivity contribution in [3.05, 3.63) is 77.0 Å². The van der Waals surface area contributed by atoms with Crippen LogP contribution in [0.3, 0.4) is 0 Å². The summed E-state index contributed by atoms with van der Waals surface area (Å²) in [7, 11) is 1.21. The van der Waals surface area contributed by atoms with E-state index in [1.807, 2.05) is 0 Å². The number of hydrogen-bond acceptors (Lipinski definition) is 5. The SMILES string of the molecule is [2H]C1([2H])CC([2H])(N2C(=O)c3cccc(OCc4ccc(CN5C([2H])([2H])C([2H])([2H])OC([2H])([2H])C5([2H])[2H])cc4)c3C2([2H])[2H])C(=O)N(C)C1=C. The third kappa shape index (κ3) is 4.45. The van der Waals surface area contributed by atoms with E-state index in [9.17, 15) is 9.59 Å². The van der Waals surface area contributed by atoms with Crippen molar-refractivity contribution < 1.29 is 36.9 Å². The van der Waals surface area contributed by atoms with E-state index in [1.165, 1.54) is 49.5 Å². The lowest BCUT2D eigenvalue weighted by Gasteiger charge is -2.35. The average Bonchev–Trinajstić information content (AvgIpc) is 3.17. The molecule has 0 bridgehead atoms. The fourth-order valence-corrected chi connectivity index (χ4v) is 3.66. The third-order valence-corrected chi connectivity index (χ3v) is 5.59. The Labute approximate surface area is 218 Å². The van der Waals surface area contributed by atoms with E-state index < -0.39 is 69.8 Å². The number of likely N-dealkylation sites (N-methyl/N-ethyl adjacent to an activating group) is 1. The molecule has 0 radical (unpaired) electrons. The highest BCUT2D eigenvalue weighted by Crippen LogP contribution is 2.35. The van der Waals surface area contributed by atoms with Crippen LogP contribution in [0.4, 0.5) is 0 Å². The molecule has 2 aromatic rings. The quantitative estimate of drug-likeness (QED) is 0.644. The van der Waals surface area contributed by atoms with Gasteiger partial charge in [0.25, 0.3) is 5.91 Å². The maximum absolute atomic E-state index is 13.5. The fraction of sp³-hybridized carbons (Fsp3) is 0.407. The Kier molecular flexibility index (Phi) is 3.39. The molecule has 3 aliphatic rings. The first-order valence-corrected chi connectivity index (χ1v) is 10.5. The first kappa shape index (κ1) is 12.0. The van der Waals surface area contributed by atoms with Crippen LogP contribution in [0.1, 0.15) is 57.7 Å². The number of carbonyl (C=O) groups excluding carboxylic acids is 2. The predicted molar refractivity (Wildman–Crippen MR) is 128 cm³/mol. The van der Waals surface area contributed by atoms with Gasteiger partial charge in [-0.1, -0.05) is 36.9 Å². The molecule has 2 aromatic carbocycles. The van der Waals surface area contributed by atoms with Gasteiger partial charge < -0.3 is 19.3 Å². The average molecular weight is 475 g/mol. The number of benzene rings is 2. The Bertz CT molecular complexity index is 1620. The number of piperidine rings is 1. The molecule has 7 heteroatoms. The highest BCUT2D eigenvalue weighted by molar-refractivity contribution is 6.02. The molecule has 7 nitrogen and oxygen atoms in total. The minimum Gasteiger partial charge on any atom is -0.489 e. The Balaban J connectivity index is 1.37. The minimum atomic E-state index is -3.17. The van der Waals surface area contributed by atoms with Gasteiger partial charge in [0, 0.05) is 51.6 Å². The molecule has 2 fully saturated rings. The number of carbonyl (C=O) groups is 2. The maximum Gasteiger partial charge on any atom is 0.255 e. The van der Waals surface area contributed by atoms with Crippen LogP contribution in [-0.2, 0) is 29.2 Å². The lowest BCUT2D eigenvalue weighted by molar-refractivity contribution is -0.135. The number of morpholine rings is 1. The first-order valence-electron chi connectivity index (χ1n) is 17.0. The summed E-state index contributed by atoms with van der Waals surface area (Å²) >= 11 is 0. The van der Waals surface area contributed by atoms with Gasteiger partial charge in [-0.25, -0.2) is 0 Å². The highest BCUT2D eigenvalue weighted by Gasteiger charge is 2.40. The zero-order chi connectivity index (χ0) is 35.3. The number of amides is 2. The largest absolute Gasteiger partial charge is 0.489 e. The first-order chi connectivity index (χ1) is 21.3. The van der Waals surface area contributed by atoms with Gasteiger partial charge in [0.05, 0.1) is 29.2 Å². The summed E-state index contributed by atoms with van der Waals surface area (Å²) in [4.78, 5) is 28.4. The van der Waals surface area contributed by atoms with Crippen molar-refractivity contribution >= 4 is 11.8 Å². The van der Waals surface area contributed by atoms with Crippen LogP contribution in [-0.4, -0.2) is 65.7 Å². The van der Waals surface area contributed by atoms with Crippen LogP contribution in [0.5, 0.6) is 5.75 Å². The number of rotatable bonds is 6. The molecule has 5 rings (SSSR count). The Morgan fingerprint density at radius 2 is 1.88 bits per heavy atom. The van der Waals surface area contributed by atoms with Gasteiger partial charge in [-0.05, 0) is 36.1 Å². The van der Waals surface area contributed by atoms with Crippen molar-refractivity contribution in [3.63, 3.8) is 0 Å². The van der Waals surface area contributed by atoms with Crippen molar-refractivity contribution in [2.75, 3.05) is 33.2 Å². The van der Waals surface area contributed by atoms with E-state index in [2.05, 4.69) is 11.3 Å². The van der Waals surface area contributed by atoms with Crippen LogP contribution >= 0.6 is 0 Å². The van der Waals surface area contributed by atoms with Crippen LogP contribution in [0, 0.1) is 0 Å². The lowest BCUT2D eigenvalue weighted by atomic mass is 10.0. The van der Waals surface area contributed by atoms with Crippen LogP contribution in [0.25, 0.3) is 0 Å². The maximum atomic E-state index is 13.5. The number of hydrogen-bond donors (Lipinski definition) is 0. The standard InChI is InChI=1S/C27H31N3O4/c1-19-6-11-24(27(32)28(19)2)30-17-23-22(26(30)31)4-3-5-25(23)34-18-21-9-7-20(8-10-21)16-29-12-14-33-15-13-29/h3-5,7-10,24H,1,6,11-18H2,2H3/i6D2,12D2,13D2,14D2,15D2,17D2,24D. The van der Waals surface area contributed by atoms with Gasteiger partial charge in [0.15, 0.2) is 0 Å². The summed E-state index contributed by atoms with van der Waals surface area (Å²) in [5.41, 5.74) is 0.185. The second-order valence-electron chi connectivity index (χ2n) is 7.76. The monoisotopic (exact) mass is 474 g/mol. The molecule has 3 aliphatic heterocycles. The van der Waals surface area contributed by atoms with E-state index in [0.29, 0.717) is 20.9 Å². The molecule has 2 saturated heterocycles. The molecule has 2 amide bonds. The van der Waals surface area contributed by atoms with E-state index in [4.69, 9.17) is 22.6 Å². The topological polar surface area (TPSA) is 62.3 Å². The van der Waals surface area contributed by atoms with Crippen LogP contribution in [0.15, 0.2) is 54.7 Å². The second-order valence-corrected chi connectivity index (χ2v) is 7.76. The summed E-state index contributed by atoms with van der Waals surface area (Å²) in [6.07, 6.45) is -3.13. The number of nitrogens with zero attached hydrogens (tertiary/aromatic N) is 3. The zero-order valence-corrected chi connectivity index (χ0v) is 18.3. The number of allylic oxidation sites excluding steroid dienone is 1. The molecule has 0 aliphatic carbocycles. The van der Waals surface area contributed by atoms with Crippen molar-refractivity contribution in [1.82, 2.24) is 14.7 Å². The molecular weight excluding hydrogens is 430 g/mol. The van der Waals surface area contributed by atoms with E-state index in [1.54, 1.807) is 0 Å². The summed E-state index contributed by atoms with van der Waals surface area (Å²) in [6, 6.07) is 7.52. The molecule has 0 spiro atoms. The fourth-order valence-electron chi connectivity index (χ4n) is 3.66. The van der Waals surface area contributed by atoms with Gasteiger partial charge >= 0.3 is 0 Å². The second kappa shape index (κ2) is 9.60. The minimum absolute atomic E-state index is 0.0702. The normalized spacial score (nSPS) is 37.9. The Morgan fingerprint density at radius 1 is 1.15 bits per heavy atom. The van der Waals surface area contributed by atoms with Gasteiger partial charge in [-0.15, -0.1) is 0 Å². The molecule has 0 aromatic heterocycles. The number of ether oxygens (including phenoxy) is 2. The zero-order valence-electron chi connectivity index (χ0n) is 31.3. The van der Waals surface area contributed by atoms with Crippen molar-refractivity contribution in [1.29, 1.82) is 0 Å². The lowest BCUT2D eigenvalue weighted by Crippen LogP contribution is -2.50. The molecule has 178 valence electrons. The highest BCUT2D eigenvalue weighted by atomic mass is 16.5. The molecule has 34 heavy (non-hydrogen) atoms. The van der Waals surface area contributed by atoms with Crippen molar-refractivity contribution in [2.24, 2.45) is 0 Å². The number of likely N-dealkylation sites (tertiary alicyclic amines) is 1. The number of fused-ring (bicyclic) bond motifs is 1. The molecule has 1 atom stereocenters. The van der Waals surface area contributed by atoms with Crippen molar-refractivity contribution in [2.45, 2.75) is 38.5 Å².